The van der Waals surface area contributed by atoms with Crippen LogP contribution in [0.5, 0.6) is 0 Å². The van der Waals surface area contributed by atoms with Gasteiger partial charge in [0, 0.05) is 12.6 Å². The number of para-hydroxylation sites is 1. The molecule has 4 nitrogen and oxygen atoms in total. The van der Waals surface area contributed by atoms with Gasteiger partial charge in [0.05, 0.1) is 11.3 Å². The molecule has 0 bridgehead atoms. The van der Waals surface area contributed by atoms with Gasteiger partial charge in [0.1, 0.15) is 5.82 Å². The van der Waals surface area contributed by atoms with E-state index >= 15 is 0 Å². The number of nitrogens with zero attached hydrogens (tertiary/aromatic N) is 1. The number of carbonyl (C=O) groups is 1. The number of nitrogens with one attached hydrogen (secondary N) is 1. The Labute approximate surface area is 113 Å². The molecule has 5 heteroatoms. The Hall–Kier alpha value is -1.62. The molecular formula is C14H21FN2O2. The van der Waals surface area contributed by atoms with E-state index in [1.807, 2.05) is 7.05 Å². The van der Waals surface area contributed by atoms with Gasteiger partial charge >= 0.3 is 5.97 Å². The summed E-state index contributed by atoms with van der Waals surface area (Å²) in [7, 11) is 2.02. The van der Waals surface area contributed by atoms with Crippen molar-refractivity contribution in [2.24, 2.45) is 0 Å². The highest BCUT2D eigenvalue weighted by Crippen LogP contribution is 2.19. The first-order valence-electron chi connectivity index (χ1n) is 6.39. The Morgan fingerprint density at radius 3 is 2.74 bits per heavy atom. The average molecular weight is 268 g/mol. The Morgan fingerprint density at radius 1 is 1.47 bits per heavy atom. The Balaban J connectivity index is 2.56. The van der Waals surface area contributed by atoms with Crippen LogP contribution in [0.1, 0.15) is 30.6 Å². The Bertz CT molecular complexity index is 435. The van der Waals surface area contributed by atoms with Gasteiger partial charge in [0.2, 0.25) is 0 Å². The van der Waals surface area contributed by atoms with Crippen molar-refractivity contribution in [3.63, 3.8) is 0 Å². The second kappa shape index (κ2) is 7.09. The van der Waals surface area contributed by atoms with Gasteiger partial charge < -0.3 is 15.3 Å². The summed E-state index contributed by atoms with van der Waals surface area (Å²) >= 11 is 0. The first kappa shape index (κ1) is 15.4. The zero-order valence-electron chi connectivity index (χ0n) is 11.6. The molecule has 0 spiro atoms. The standard InChI is InChI=1S/C14H21FN2O2/c1-10(2)17(3)9-5-8-16-13-11(14(18)19)6-4-7-12(13)15/h4,6-7,10,16H,5,8-9H2,1-3H3,(H,18,19). The van der Waals surface area contributed by atoms with E-state index < -0.39 is 11.8 Å². The minimum absolute atomic E-state index is 0.0304. The monoisotopic (exact) mass is 268 g/mol. The molecule has 0 radical (unpaired) electrons. The van der Waals surface area contributed by atoms with Crippen LogP contribution in [0.3, 0.4) is 0 Å². The summed E-state index contributed by atoms with van der Waals surface area (Å²) < 4.78 is 13.6. The fourth-order valence-electron chi connectivity index (χ4n) is 1.68. The minimum atomic E-state index is -1.12. The van der Waals surface area contributed by atoms with Crippen LogP contribution >= 0.6 is 0 Å². The fraction of sp³-hybridized carbons (Fsp3) is 0.500. The quantitative estimate of drug-likeness (QED) is 0.746. The molecule has 0 aliphatic rings. The summed E-state index contributed by atoms with van der Waals surface area (Å²) in [6.45, 7) is 5.62. The highest BCUT2D eigenvalue weighted by molar-refractivity contribution is 5.94. The third-order valence-electron chi connectivity index (χ3n) is 3.11. The summed E-state index contributed by atoms with van der Waals surface area (Å²) in [5.41, 5.74) is 0.0411. The number of benzene rings is 1. The van der Waals surface area contributed by atoms with Gasteiger partial charge in [-0.2, -0.15) is 0 Å². The largest absolute Gasteiger partial charge is 0.478 e. The molecule has 0 saturated carbocycles. The van der Waals surface area contributed by atoms with Crippen molar-refractivity contribution in [3.05, 3.63) is 29.6 Å². The summed E-state index contributed by atoms with van der Waals surface area (Å²) in [4.78, 5) is 13.2. The molecule has 0 aliphatic carbocycles. The zero-order valence-corrected chi connectivity index (χ0v) is 11.6. The Morgan fingerprint density at radius 2 is 2.16 bits per heavy atom. The van der Waals surface area contributed by atoms with Gasteiger partial charge in [0.15, 0.2) is 0 Å². The summed E-state index contributed by atoms with van der Waals surface area (Å²) in [5.74, 6) is -1.65. The van der Waals surface area contributed by atoms with Crippen molar-refractivity contribution in [1.29, 1.82) is 0 Å². The lowest BCUT2D eigenvalue weighted by molar-refractivity contribution is 0.0697. The van der Waals surface area contributed by atoms with E-state index in [1.165, 1.54) is 18.2 Å². The van der Waals surface area contributed by atoms with Crippen molar-refractivity contribution in [2.45, 2.75) is 26.3 Å². The van der Waals surface area contributed by atoms with Gasteiger partial charge in [-0.3, -0.25) is 0 Å². The molecular weight excluding hydrogens is 247 g/mol. The van der Waals surface area contributed by atoms with Gasteiger partial charge in [-0.1, -0.05) is 6.07 Å². The molecule has 2 N–H and O–H groups in total. The van der Waals surface area contributed by atoms with E-state index in [2.05, 4.69) is 24.1 Å². The summed E-state index contributed by atoms with van der Waals surface area (Å²) in [6, 6.07) is 4.52. The lowest BCUT2D eigenvalue weighted by Crippen LogP contribution is -2.28. The molecule has 1 aromatic carbocycles. The minimum Gasteiger partial charge on any atom is -0.478 e. The third-order valence-corrected chi connectivity index (χ3v) is 3.11. The molecule has 1 rings (SSSR count). The highest BCUT2D eigenvalue weighted by atomic mass is 19.1. The number of anilines is 1. The molecule has 0 amide bonds. The van der Waals surface area contributed by atoms with Crippen LogP contribution in [0.15, 0.2) is 18.2 Å². The van der Waals surface area contributed by atoms with Crippen LogP contribution in [-0.4, -0.2) is 42.2 Å². The number of hydrogen-bond acceptors (Lipinski definition) is 3. The molecule has 0 heterocycles. The van der Waals surface area contributed by atoms with E-state index in [1.54, 1.807) is 0 Å². The van der Waals surface area contributed by atoms with Crippen molar-refractivity contribution < 1.29 is 14.3 Å². The van der Waals surface area contributed by atoms with Gasteiger partial charge in [0.25, 0.3) is 0 Å². The van der Waals surface area contributed by atoms with E-state index in [0.717, 1.165) is 13.0 Å². The molecule has 0 aromatic heterocycles. The van der Waals surface area contributed by atoms with E-state index in [0.29, 0.717) is 12.6 Å². The van der Waals surface area contributed by atoms with E-state index in [4.69, 9.17) is 5.11 Å². The van der Waals surface area contributed by atoms with Crippen molar-refractivity contribution >= 4 is 11.7 Å². The van der Waals surface area contributed by atoms with Crippen LogP contribution in [0, 0.1) is 5.82 Å². The van der Waals surface area contributed by atoms with Crippen molar-refractivity contribution in [2.75, 3.05) is 25.5 Å². The van der Waals surface area contributed by atoms with E-state index in [-0.39, 0.29) is 11.3 Å². The molecule has 0 atom stereocenters. The van der Waals surface area contributed by atoms with Crippen LogP contribution < -0.4 is 5.32 Å². The second-order valence-corrected chi connectivity index (χ2v) is 4.82. The maximum Gasteiger partial charge on any atom is 0.337 e. The molecule has 0 saturated heterocycles. The lowest BCUT2D eigenvalue weighted by Gasteiger charge is -2.21. The second-order valence-electron chi connectivity index (χ2n) is 4.82. The summed E-state index contributed by atoms with van der Waals surface area (Å²) in [6.07, 6.45) is 0.822. The molecule has 1 aromatic rings. The zero-order chi connectivity index (χ0) is 14.4. The van der Waals surface area contributed by atoms with E-state index in [9.17, 15) is 9.18 Å². The maximum atomic E-state index is 13.6. The van der Waals surface area contributed by atoms with Crippen LogP contribution in [0.25, 0.3) is 0 Å². The van der Waals surface area contributed by atoms with Gasteiger partial charge in [-0.05, 0) is 46.0 Å². The number of aromatic carboxylic acids is 1. The van der Waals surface area contributed by atoms with Crippen LogP contribution in [0.4, 0.5) is 10.1 Å². The lowest BCUT2D eigenvalue weighted by atomic mass is 10.1. The molecule has 0 aliphatic heterocycles. The number of halogens is 1. The molecule has 19 heavy (non-hydrogen) atoms. The normalized spacial score (nSPS) is 11.1. The third kappa shape index (κ3) is 4.52. The molecule has 106 valence electrons. The van der Waals surface area contributed by atoms with Gasteiger partial charge in [-0.15, -0.1) is 0 Å². The van der Waals surface area contributed by atoms with Crippen LogP contribution in [-0.2, 0) is 0 Å². The van der Waals surface area contributed by atoms with Crippen LogP contribution in [0.2, 0.25) is 0 Å². The number of carboxylic acids is 1. The number of carboxylic acid groups (broad SMARTS) is 1. The number of hydrogen-bond donors (Lipinski definition) is 2. The predicted octanol–water partition coefficient (Wildman–Crippen LogP) is 2.67. The fourth-order valence-corrected chi connectivity index (χ4v) is 1.68. The maximum absolute atomic E-state index is 13.6. The first-order valence-corrected chi connectivity index (χ1v) is 6.39. The molecule has 0 fully saturated rings. The summed E-state index contributed by atoms with van der Waals surface area (Å²) in [5, 5.41) is 11.9. The topological polar surface area (TPSA) is 52.6 Å². The predicted molar refractivity (Wildman–Crippen MR) is 74.2 cm³/mol. The first-order chi connectivity index (χ1) is 8.93. The smallest absolute Gasteiger partial charge is 0.337 e. The number of rotatable bonds is 7. The van der Waals surface area contributed by atoms with Crippen molar-refractivity contribution in [1.82, 2.24) is 4.90 Å². The highest BCUT2D eigenvalue weighted by Gasteiger charge is 2.13. The average Bonchev–Trinajstić information content (AvgIpc) is 2.35. The molecule has 0 unspecified atom stereocenters. The van der Waals surface area contributed by atoms with Crippen molar-refractivity contribution in [3.8, 4) is 0 Å². The van der Waals surface area contributed by atoms with Gasteiger partial charge in [-0.25, -0.2) is 9.18 Å². The SMILES string of the molecule is CC(C)N(C)CCCNc1c(F)cccc1C(=O)O. The Kier molecular flexibility index (Phi) is 5.76.